The van der Waals surface area contributed by atoms with Gasteiger partial charge >= 0.3 is 0 Å². The molecule has 0 aromatic rings. The van der Waals surface area contributed by atoms with Crippen molar-refractivity contribution in [3.05, 3.63) is 12.2 Å². The molecule has 0 aliphatic heterocycles. The van der Waals surface area contributed by atoms with Crippen molar-refractivity contribution in [2.45, 2.75) is 163 Å². The monoisotopic (exact) mass is 380 g/mol. The van der Waals surface area contributed by atoms with Crippen LogP contribution < -0.4 is 0 Å². The standard InChI is InChI=1S/C18H36.C9H20/c1-3-5-7-9-11-13-15-17-18-16-14-12-10-8-6-4-2;1-3-5-7-9-8-6-4-2/h17-18H,3-16H2,1-2H3;3-9H2,1-2H3/b18-17-;. The molecule has 0 heteroatoms. The van der Waals surface area contributed by atoms with Crippen molar-refractivity contribution in [1.82, 2.24) is 0 Å². The second kappa shape index (κ2) is 30.5. The lowest BCUT2D eigenvalue weighted by Gasteiger charge is -1.98. The van der Waals surface area contributed by atoms with Crippen LogP contribution in [0.2, 0.25) is 0 Å². The maximum atomic E-state index is 2.41. The minimum absolute atomic E-state index is 1.31. The van der Waals surface area contributed by atoms with Crippen molar-refractivity contribution < 1.29 is 0 Å². The van der Waals surface area contributed by atoms with E-state index in [0.717, 1.165) is 0 Å². The Morgan fingerprint density at radius 2 is 0.519 bits per heavy atom. The highest BCUT2D eigenvalue weighted by Gasteiger charge is 1.89. The molecule has 0 heterocycles. The van der Waals surface area contributed by atoms with Gasteiger partial charge in [-0.15, -0.1) is 0 Å². The van der Waals surface area contributed by atoms with Gasteiger partial charge in [0.1, 0.15) is 0 Å². The first-order chi connectivity index (χ1) is 13.3. The number of unbranched alkanes of at least 4 members (excludes halogenated alkanes) is 18. The van der Waals surface area contributed by atoms with Crippen LogP contribution in [0.15, 0.2) is 12.2 Å². The van der Waals surface area contributed by atoms with E-state index in [-0.39, 0.29) is 0 Å². The summed E-state index contributed by atoms with van der Waals surface area (Å²) < 4.78 is 0. The fourth-order valence-electron chi connectivity index (χ4n) is 3.35. The SMILES string of the molecule is CCCCCCCC/C=C\CCCCCCCC.CCCCCCCCC. The van der Waals surface area contributed by atoms with Crippen LogP contribution in [-0.2, 0) is 0 Å². The van der Waals surface area contributed by atoms with Gasteiger partial charge in [0, 0.05) is 0 Å². The smallest absolute Gasteiger partial charge is 0.0351 e. The molecule has 0 bridgehead atoms. The maximum absolute atomic E-state index is 2.41. The molecule has 27 heavy (non-hydrogen) atoms. The molecule has 0 aliphatic carbocycles. The largest absolute Gasteiger partial charge is 0.0885 e. The second-order valence-electron chi connectivity index (χ2n) is 8.35. The minimum Gasteiger partial charge on any atom is -0.0885 e. The van der Waals surface area contributed by atoms with E-state index in [2.05, 4.69) is 39.8 Å². The van der Waals surface area contributed by atoms with Crippen molar-refractivity contribution >= 4 is 0 Å². The van der Waals surface area contributed by atoms with Gasteiger partial charge in [-0.05, 0) is 25.7 Å². The average molecular weight is 381 g/mol. The Hall–Kier alpha value is -0.260. The summed E-state index contributed by atoms with van der Waals surface area (Å²) in [6, 6.07) is 0. The fraction of sp³-hybridized carbons (Fsp3) is 0.926. The van der Waals surface area contributed by atoms with E-state index >= 15 is 0 Å². The van der Waals surface area contributed by atoms with Crippen molar-refractivity contribution in [1.29, 1.82) is 0 Å². The van der Waals surface area contributed by atoms with Gasteiger partial charge in [0.25, 0.3) is 0 Å². The van der Waals surface area contributed by atoms with Crippen LogP contribution in [0.25, 0.3) is 0 Å². The molecule has 0 radical (unpaired) electrons. The predicted molar refractivity (Wildman–Crippen MR) is 129 cm³/mol. The zero-order valence-electron chi connectivity index (χ0n) is 20.0. The topological polar surface area (TPSA) is 0 Å². The lowest BCUT2D eigenvalue weighted by atomic mass is 10.1. The minimum atomic E-state index is 1.31. The highest BCUT2D eigenvalue weighted by Crippen LogP contribution is 2.09. The van der Waals surface area contributed by atoms with E-state index in [0.29, 0.717) is 0 Å². The van der Waals surface area contributed by atoms with Crippen LogP contribution in [0.1, 0.15) is 163 Å². The lowest BCUT2D eigenvalue weighted by Crippen LogP contribution is -1.79. The van der Waals surface area contributed by atoms with Gasteiger partial charge in [0.2, 0.25) is 0 Å². The van der Waals surface area contributed by atoms with Gasteiger partial charge in [0.15, 0.2) is 0 Å². The molecule has 0 spiro atoms. The summed E-state index contributed by atoms with van der Waals surface area (Å²) in [5.74, 6) is 0. The first-order valence-electron chi connectivity index (χ1n) is 13.0. The van der Waals surface area contributed by atoms with Crippen molar-refractivity contribution in [3.63, 3.8) is 0 Å². The van der Waals surface area contributed by atoms with Gasteiger partial charge < -0.3 is 0 Å². The Bertz CT molecular complexity index is 216. The Morgan fingerprint density at radius 3 is 0.778 bits per heavy atom. The van der Waals surface area contributed by atoms with Crippen molar-refractivity contribution in [2.75, 3.05) is 0 Å². The summed E-state index contributed by atoms with van der Waals surface area (Å²) in [5.41, 5.74) is 0. The molecule has 164 valence electrons. The van der Waals surface area contributed by atoms with Gasteiger partial charge in [-0.2, -0.15) is 0 Å². The fourth-order valence-corrected chi connectivity index (χ4v) is 3.35. The third kappa shape index (κ3) is 33.7. The quantitative estimate of drug-likeness (QED) is 0.145. The molecular formula is C27H56. The molecular weight excluding hydrogens is 324 g/mol. The summed E-state index contributed by atoms with van der Waals surface area (Å²) >= 11 is 0. The highest BCUT2D eigenvalue weighted by molar-refractivity contribution is 4.81. The van der Waals surface area contributed by atoms with Gasteiger partial charge in [-0.1, -0.05) is 149 Å². The van der Waals surface area contributed by atoms with Gasteiger partial charge in [-0.3, -0.25) is 0 Å². The van der Waals surface area contributed by atoms with E-state index in [1.165, 1.54) is 135 Å². The van der Waals surface area contributed by atoms with Crippen LogP contribution in [0.5, 0.6) is 0 Å². The Kier molecular flexibility index (Phi) is 32.7. The van der Waals surface area contributed by atoms with Crippen molar-refractivity contribution in [3.8, 4) is 0 Å². The van der Waals surface area contributed by atoms with E-state index in [4.69, 9.17) is 0 Å². The number of rotatable bonds is 20. The first-order valence-corrected chi connectivity index (χ1v) is 13.0. The molecule has 0 aromatic carbocycles. The first kappa shape index (κ1) is 28.9. The van der Waals surface area contributed by atoms with E-state index < -0.39 is 0 Å². The van der Waals surface area contributed by atoms with Crippen LogP contribution in [0.4, 0.5) is 0 Å². The zero-order chi connectivity index (χ0) is 20.3. The average Bonchev–Trinajstić information content (AvgIpc) is 2.69. The Morgan fingerprint density at radius 1 is 0.296 bits per heavy atom. The molecule has 0 fully saturated rings. The van der Waals surface area contributed by atoms with Gasteiger partial charge in [-0.25, -0.2) is 0 Å². The molecule has 0 rings (SSSR count). The summed E-state index contributed by atoms with van der Waals surface area (Å²) in [5, 5.41) is 0. The number of hydrogen-bond donors (Lipinski definition) is 0. The third-order valence-corrected chi connectivity index (χ3v) is 5.32. The lowest BCUT2D eigenvalue weighted by molar-refractivity contribution is 0.602. The molecule has 0 saturated heterocycles. The summed E-state index contributed by atoms with van der Waals surface area (Å²) in [4.78, 5) is 0. The molecule has 0 aliphatic rings. The zero-order valence-corrected chi connectivity index (χ0v) is 20.0. The molecule has 0 saturated carbocycles. The van der Waals surface area contributed by atoms with E-state index in [9.17, 15) is 0 Å². The number of allylic oxidation sites excluding steroid dienone is 2. The predicted octanol–water partition coefficient (Wildman–Crippen LogP) is 10.8. The van der Waals surface area contributed by atoms with Crippen LogP contribution in [0, 0.1) is 0 Å². The van der Waals surface area contributed by atoms with Crippen LogP contribution in [-0.4, -0.2) is 0 Å². The Labute approximate surface area is 175 Å². The molecule has 0 nitrogen and oxygen atoms in total. The molecule has 0 amide bonds. The van der Waals surface area contributed by atoms with Gasteiger partial charge in [0.05, 0.1) is 0 Å². The summed E-state index contributed by atoms with van der Waals surface area (Å²) in [6.07, 6.45) is 34.4. The summed E-state index contributed by atoms with van der Waals surface area (Å²) in [6.45, 7) is 9.09. The molecule has 0 aromatic heterocycles. The Balaban J connectivity index is 0. The van der Waals surface area contributed by atoms with Crippen LogP contribution >= 0.6 is 0 Å². The maximum Gasteiger partial charge on any atom is -0.0351 e. The molecule has 0 atom stereocenters. The third-order valence-electron chi connectivity index (χ3n) is 5.32. The van der Waals surface area contributed by atoms with E-state index in [1.807, 2.05) is 0 Å². The number of hydrogen-bond acceptors (Lipinski definition) is 0. The molecule has 0 unspecified atom stereocenters. The molecule has 0 N–H and O–H groups in total. The van der Waals surface area contributed by atoms with Crippen molar-refractivity contribution in [2.24, 2.45) is 0 Å². The second-order valence-corrected chi connectivity index (χ2v) is 8.35. The van der Waals surface area contributed by atoms with Crippen LogP contribution in [0.3, 0.4) is 0 Å². The van der Waals surface area contributed by atoms with E-state index in [1.54, 1.807) is 0 Å². The summed E-state index contributed by atoms with van der Waals surface area (Å²) in [7, 11) is 0. The normalized spacial score (nSPS) is 11.0. The highest BCUT2D eigenvalue weighted by atomic mass is 14.0.